The summed E-state index contributed by atoms with van der Waals surface area (Å²) in [5.41, 5.74) is 0. The molecule has 0 aliphatic carbocycles. The topological polar surface area (TPSA) is 79.2 Å². The molecule has 5 nitrogen and oxygen atoms in total. The third-order valence-electron chi connectivity index (χ3n) is 4.96. The monoisotopic (exact) mass is 372 g/mol. The minimum Gasteiger partial charge on any atom is -0.394 e. The Labute approximate surface area is 159 Å². The third-order valence-corrected chi connectivity index (χ3v) is 4.96. The standard InChI is InChI=1S/C21H40O5/c1-2-3-4-5-6-7-8-9-10-11-12-13-14-15-25-21-18(23)17-26-19(16-22)20(21)24/h4-5,18-24H,2-3,6-17H2,1H3/b5-4+/t18-,19+,20+,21+/m0/s1. The average molecular weight is 373 g/mol. The molecule has 1 rings (SSSR count). The molecule has 3 N–H and O–H groups in total. The van der Waals surface area contributed by atoms with Gasteiger partial charge in [0.2, 0.25) is 0 Å². The molecule has 1 aliphatic rings. The molecule has 0 saturated carbocycles. The van der Waals surface area contributed by atoms with Gasteiger partial charge in [-0.3, -0.25) is 0 Å². The Morgan fingerprint density at radius 1 is 0.923 bits per heavy atom. The summed E-state index contributed by atoms with van der Waals surface area (Å²) in [6.07, 6.45) is 14.9. The molecule has 0 aromatic rings. The summed E-state index contributed by atoms with van der Waals surface area (Å²) >= 11 is 0. The highest BCUT2D eigenvalue weighted by Gasteiger charge is 2.38. The van der Waals surface area contributed by atoms with Crippen LogP contribution in [0, 0.1) is 0 Å². The van der Waals surface area contributed by atoms with Crippen molar-refractivity contribution in [3.05, 3.63) is 12.2 Å². The highest BCUT2D eigenvalue weighted by molar-refractivity contribution is 4.87. The van der Waals surface area contributed by atoms with Gasteiger partial charge in [-0.1, -0.05) is 64.0 Å². The minimum absolute atomic E-state index is 0.0986. The van der Waals surface area contributed by atoms with E-state index in [-0.39, 0.29) is 13.2 Å². The zero-order valence-corrected chi connectivity index (χ0v) is 16.5. The molecule has 1 saturated heterocycles. The minimum atomic E-state index is -0.972. The number of allylic oxidation sites excluding steroid dienone is 2. The van der Waals surface area contributed by atoms with Crippen LogP contribution < -0.4 is 0 Å². The van der Waals surface area contributed by atoms with E-state index in [2.05, 4.69) is 19.1 Å². The van der Waals surface area contributed by atoms with Gasteiger partial charge in [-0.25, -0.2) is 0 Å². The van der Waals surface area contributed by atoms with E-state index in [0.717, 1.165) is 12.8 Å². The van der Waals surface area contributed by atoms with E-state index in [4.69, 9.17) is 14.6 Å². The lowest BCUT2D eigenvalue weighted by Gasteiger charge is -2.37. The third kappa shape index (κ3) is 10.0. The zero-order valence-electron chi connectivity index (χ0n) is 16.5. The molecule has 1 fully saturated rings. The number of aliphatic hydroxyl groups is 3. The van der Waals surface area contributed by atoms with Gasteiger partial charge in [-0.05, 0) is 25.7 Å². The van der Waals surface area contributed by atoms with Gasteiger partial charge in [0.05, 0.1) is 13.2 Å². The number of hydrogen-bond donors (Lipinski definition) is 3. The fourth-order valence-electron chi connectivity index (χ4n) is 3.27. The molecule has 0 amide bonds. The SMILES string of the molecule is CCC/C=C/CCCCCCCCCCO[C@H]1[C@H](O)[C@@H](CO)OC[C@@H]1O. The van der Waals surface area contributed by atoms with Gasteiger partial charge in [0, 0.05) is 6.61 Å². The van der Waals surface area contributed by atoms with Crippen LogP contribution in [0.25, 0.3) is 0 Å². The Hall–Kier alpha value is -0.460. The molecule has 0 unspecified atom stereocenters. The molecular formula is C21H40O5. The molecule has 4 atom stereocenters. The molecule has 0 spiro atoms. The van der Waals surface area contributed by atoms with E-state index in [0.29, 0.717) is 6.61 Å². The highest BCUT2D eigenvalue weighted by atomic mass is 16.6. The average Bonchev–Trinajstić information content (AvgIpc) is 2.64. The molecule has 0 bridgehead atoms. The van der Waals surface area contributed by atoms with Gasteiger partial charge >= 0.3 is 0 Å². The fraction of sp³-hybridized carbons (Fsp3) is 0.905. The zero-order chi connectivity index (χ0) is 19.0. The van der Waals surface area contributed by atoms with Crippen LogP contribution in [0.2, 0.25) is 0 Å². The van der Waals surface area contributed by atoms with Crippen LogP contribution in [0.1, 0.15) is 77.6 Å². The summed E-state index contributed by atoms with van der Waals surface area (Å²) < 4.78 is 10.8. The Morgan fingerprint density at radius 2 is 1.54 bits per heavy atom. The van der Waals surface area contributed by atoms with Crippen LogP contribution in [0.15, 0.2) is 12.2 Å². The summed E-state index contributed by atoms with van der Waals surface area (Å²) in [7, 11) is 0. The van der Waals surface area contributed by atoms with Gasteiger partial charge in [-0.2, -0.15) is 0 Å². The van der Waals surface area contributed by atoms with Crippen LogP contribution in [-0.4, -0.2) is 59.6 Å². The van der Waals surface area contributed by atoms with E-state index in [9.17, 15) is 10.2 Å². The van der Waals surface area contributed by atoms with E-state index in [1.807, 2.05) is 0 Å². The summed E-state index contributed by atoms with van der Waals surface area (Å²) in [4.78, 5) is 0. The van der Waals surface area contributed by atoms with Crippen molar-refractivity contribution in [1.82, 2.24) is 0 Å². The first kappa shape index (κ1) is 23.6. The fourth-order valence-corrected chi connectivity index (χ4v) is 3.27. The lowest BCUT2D eigenvalue weighted by Crippen LogP contribution is -2.55. The maximum atomic E-state index is 10.0. The molecular weight excluding hydrogens is 332 g/mol. The Morgan fingerprint density at radius 3 is 2.19 bits per heavy atom. The number of rotatable bonds is 15. The van der Waals surface area contributed by atoms with Crippen LogP contribution in [-0.2, 0) is 9.47 Å². The lowest BCUT2D eigenvalue weighted by atomic mass is 10.0. The van der Waals surface area contributed by atoms with Crippen molar-refractivity contribution < 1.29 is 24.8 Å². The van der Waals surface area contributed by atoms with Crippen molar-refractivity contribution in [1.29, 1.82) is 0 Å². The van der Waals surface area contributed by atoms with Gasteiger partial charge in [0.25, 0.3) is 0 Å². The van der Waals surface area contributed by atoms with E-state index < -0.39 is 24.4 Å². The smallest absolute Gasteiger partial charge is 0.114 e. The van der Waals surface area contributed by atoms with Gasteiger partial charge < -0.3 is 24.8 Å². The number of aliphatic hydroxyl groups excluding tert-OH is 3. The van der Waals surface area contributed by atoms with Crippen molar-refractivity contribution in [2.45, 2.75) is 102 Å². The molecule has 1 aliphatic heterocycles. The predicted octanol–water partition coefficient (Wildman–Crippen LogP) is 3.35. The van der Waals surface area contributed by atoms with Crippen LogP contribution >= 0.6 is 0 Å². The quantitative estimate of drug-likeness (QED) is 0.303. The van der Waals surface area contributed by atoms with Crippen LogP contribution in [0.4, 0.5) is 0 Å². The van der Waals surface area contributed by atoms with Gasteiger partial charge in [-0.15, -0.1) is 0 Å². The first-order chi connectivity index (χ1) is 12.7. The van der Waals surface area contributed by atoms with E-state index >= 15 is 0 Å². The van der Waals surface area contributed by atoms with E-state index in [1.54, 1.807) is 0 Å². The number of ether oxygens (including phenoxy) is 2. The normalized spacial score (nSPS) is 26.6. The van der Waals surface area contributed by atoms with Crippen LogP contribution in [0.5, 0.6) is 0 Å². The summed E-state index contributed by atoms with van der Waals surface area (Å²) in [6.45, 7) is 2.58. The molecule has 26 heavy (non-hydrogen) atoms. The highest BCUT2D eigenvalue weighted by Crippen LogP contribution is 2.19. The van der Waals surface area contributed by atoms with Gasteiger partial charge in [0.1, 0.15) is 24.4 Å². The Bertz CT molecular complexity index is 347. The lowest BCUT2D eigenvalue weighted by molar-refractivity contribution is -0.210. The molecule has 0 radical (unpaired) electrons. The second-order valence-corrected chi connectivity index (χ2v) is 7.32. The largest absolute Gasteiger partial charge is 0.394 e. The van der Waals surface area contributed by atoms with Crippen molar-refractivity contribution >= 4 is 0 Å². The molecule has 5 heteroatoms. The second-order valence-electron chi connectivity index (χ2n) is 7.32. The predicted molar refractivity (Wildman–Crippen MR) is 104 cm³/mol. The number of hydrogen-bond acceptors (Lipinski definition) is 5. The van der Waals surface area contributed by atoms with Crippen LogP contribution in [0.3, 0.4) is 0 Å². The first-order valence-electron chi connectivity index (χ1n) is 10.6. The van der Waals surface area contributed by atoms with Crippen molar-refractivity contribution in [3.63, 3.8) is 0 Å². The summed E-state index contributed by atoms with van der Waals surface area (Å²) in [6, 6.07) is 0. The van der Waals surface area contributed by atoms with E-state index in [1.165, 1.54) is 57.8 Å². The number of unbranched alkanes of at least 4 members (excludes halogenated alkanes) is 9. The van der Waals surface area contributed by atoms with Crippen molar-refractivity contribution in [2.24, 2.45) is 0 Å². The van der Waals surface area contributed by atoms with Crippen molar-refractivity contribution in [3.8, 4) is 0 Å². The molecule has 0 aromatic heterocycles. The Kier molecular flexibility index (Phi) is 14.1. The second kappa shape index (κ2) is 15.6. The Balaban J connectivity index is 1.91. The van der Waals surface area contributed by atoms with Gasteiger partial charge in [0.15, 0.2) is 0 Å². The summed E-state index contributed by atoms with van der Waals surface area (Å²) in [5, 5.41) is 29.0. The molecule has 0 aromatic carbocycles. The summed E-state index contributed by atoms with van der Waals surface area (Å²) in [5.74, 6) is 0. The maximum Gasteiger partial charge on any atom is 0.114 e. The first-order valence-corrected chi connectivity index (χ1v) is 10.6. The van der Waals surface area contributed by atoms with Crippen molar-refractivity contribution in [2.75, 3.05) is 19.8 Å². The molecule has 1 heterocycles. The molecule has 154 valence electrons. The maximum absolute atomic E-state index is 10.0.